The minimum Gasteiger partial charge on any atom is -0.386 e. The molecule has 1 atom stereocenters. The van der Waals surface area contributed by atoms with Crippen LogP contribution >= 0.6 is 22.9 Å². The fraction of sp³-hybridized carbons (Fsp3) is 0.467. The van der Waals surface area contributed by atoms with Crippen LogP contribution in [0.3, 0.4) is 0 Å². The second-order valence-electron chi connectivity index (χ2n) is 4.96. The van der Waals surface area contributed by atoms with Gasteiger partial charge in [0.15, 0.2) is 5.96 Å². The number of nitrogens with one attached hydrogen (secondary N) is 2. The summed E-state index contributed by atoms with van der Waals surface area (Å²) in [6, 6.07) is 3.62. The van der Waals surface area contributed by atoms with E-state index in [-0.39, 0.29) is 0 Å². The summed E-state index contributed by atoms with van der Waals surface area (Å²) in [5.41, 5.74) is 0. The third kappa shape index (κ3) is 6.21. The molecular formula is C15H22ClN5OS. The van der Waals surface area contributed by atoms with Crippen LogP contribution in [-0.4, -0.2) is 40.3 Å². The van der Waals surface area contributed by atoms with Crippen LogP contribution in [0.4, 0.5) is 0 Å². The summed E-state index contributed by atoms with van der Waals surface area (Å²) in [6.45, 7) is 4.79. The van der Waals surface area contributed by atoms with Gasteiger partial charge in [0.2, 0.25) is 0 Å². The lowest BCUT2D eigenvalue weighted by atomic mass is 10.3. The molecule has 2 heterocycles. The van der Waals surface area contributed by atoms with E-state index in [9.17, 15) is 5.11 Å². The number of imidazole rings is 1. The van der Waals surface area contributed by atoms with Crippen molar-refractivity contribution in [2.75, 3.05) is 19.6 Å². The van der Waals surface area contributed by atoms with E-state index in [1.165, 1.54) is 11.3 Å². The molecule has 0 aromatic carbocycles. The van der Waals surface area contributed by atoms with Crippen LogP contribution < -0.4 is 10.6 Å². The predicted molar refractivity (Wildman–Crippen MR) is 95.1 cm³/mol. The Balaban J connectivity index is 1.77. The molecule has 2 aromatic heterocycles. The van der Waals surface area contributed by atoms with E-state index in [1.54, 1.807) is 12.3 Å². The Kier molecular flexibility index (Phi) is 7.38. The molecule has 0 aliphatic heterocycles. The third-order valence-corrected chi connectivity index (χ3v) is 4.47. The number of aliphatic hydroxyl groups excluding tert-OH is 1. The number of aliphatic hydroxyl groups is 1. The molecule has 126 valence electrons. The van der Waals surface area contributed by atoms with Crippen molar-refractivity contribution in [3.8, 4) is 0 Å². The molecule has 3 N–H and O–H groups in total. The molecule has 0 bridgehead atoms. The molecule has 23 heavy (non-hydrogen) atoms. The number of guanidine groups is 1. The molecule has 1 unspecified atom stereocenters. The molecule has 0 amide bonds. The van der Waals surface area contributed by atoms with E-state index < -0.39 is 6.10 Å². The van der Waals surface area contributed by atoms with Crippen molar-refractivity contribution in [3.05, 3.63) is 40.1 Å². The number of thiophene rings is 1. The lowest BCUT2D eigenvalue weighted by molar-refractivity contribution is 0.191. The summed E-state index contributed by atoms with van der Waals surface area (Å²) >= 11 is 7.26. The van der Waals surface area contributed by atoms with Gasteiger partial charge in [-0.2, -0.15) is 0 Å². The summed E-state index contributed by atoms with van der Waals surface area (Å²) < 4.78 is 2.71. The van der Waals surface area contributed by atoms with E-state index >= 15 is 0 Å². The molecule has 2 aromatic rings. The van der Waals surface area contributed by atoms with E-state index in [2.05, 4.69) is 20.6 Å². The van der Waals surface area contributed by atoms with Crippen molar-refractivity contribution in [1.82, 2.24) is 20.2 Å². The van der Waals surface area contributed by atoms with Crippen molar-refractivity contribution >= 4 is 28.9 Å². The normalized spacial score (nSPS) is 13.1. The first-order valence-corrected chi connectivity index (χ1v) is 8.79. The van der Waals surface area contributed by atoms with Crippen LogP contribution in [0, 0.1) is 0 Å². The average Bonchev–Trinajstić information content (AvgIpc) is 3.20. The highest BCUT2D eigenvalue weighted by molar-refractivity contribution is 7.16. The monoisotopic (exact) mass is 355 g/mol. The Morgan fingerprint density at radius 2 is 2.35 bits per heavy atom. The van der Waals surface area contributed by atoms with E-state index in [4.69, 9.17) is 11.6 Å². The number of hydrogen-bond donors (Lipinski definition) is 3. The molecule has 0 saturated heterocycles. The van der Waals surface area contributed by atoms with Crippen LogP contribution in [0.2, 0.25) is 4.34 Å². The van der Waals surface area contributed by atoms with Crippen LogP contribution in [0.25, 0.3) is 0 Å². The largest absolute Gasteiger partial charge is 0.386 e. The van der Waals surface area contributed by atoms with Gasteiger partial charge in [-0.15, -0.1) is 11.3 Å². The van der Waals surface area contributed by atoms with Crippen LogP contribution in [-0.2, 0) is 6.54 Å². The number of aliphatic imine (C=N–C) groups is 1. The maximum absolute atomic E-state index is 10.1. The van der Waals surface area contributed by atoms with Gasteiger partial charge in [0, 0.05) is 36.9 Å². The molecule has 0 aliphatic carbocycles. The first-order valence-electron chi connectivity index (χ1n) is 7.60. The maximum atomic E-state index is 10.1. The summed E-state index contributed by atoms with van der Waals surface area (Å²) in [4.78, 5) is 9.27. The number of aryl methyl sites for hydroxylation is 1. The molecule has 8 heteroatoms. The van der Waals surface area contributed by atoms with Gasteiger partial charge in [-0.1, -0.05) is 11.6 Å². The zero-order valence-electron chi connectivity index (χ0n) is 13.1. The van der Waals surface area contributed by atoms with Crippen molar-refractivity contribution in [1.29, 1.82) is 0 Å². The predicted octanol–water partition coefficient (Wildman–Crippen LogP) is 2.28. The number of halogens is 1. The number of aromatic nitrogens is 2. The lowest BCUT2D eigenvalue weighted by Gasteiger charge is -2.12. The fourth-order valence-electron chi connectivity index (χ4n) is 2.00. The smallest absolute Gasteiger partial charge is 0.191 e. The standard InChI is InChI=1S/C15H22ClN5OS/c1-2-18-15(19-6-3-8-21-9-7-17-11-21)20-10-12(22)13-4-5-14(16)23-13/h4-5,7,9,11-12,22H,2-3,6,8,10H2,1H3,(H2,18,19,20). The van der Waals surface area contributed by atoms with E-state index in [0.717, 1.165) is 30.9 Å². The van der Waals surface area contributed by atoms with Gasteiger partial charge in [-0.25, -0.2) is 4.98 Å². The molecular weight excluding hydrogens is 334 g/mol. The second kappa shape index (κ2) is 9.54. The summed E-state index contributed by atoms with van der Waals surface area (Å²) in [6.07, 6.45) is 5.86. The molecule has 0 spiro atoms. The topological polar surface area (TPSA) is 74.5 Å². The zero-order valence-corrected chi connectivity index (χ0v) is 14.6. The maximum Gasteiger partial charge on any atom is 0.191 e. The highest BCUT2D eigenvalue weighted by Gasteiger charge is 2.10. The molecule has 2 rings (SSSR count). The SMILES string of the molecule is CCNC(=NCC(O)c1ccc(Cl)s1)NCCCn1ccnc1. The van der Waals surface area contributed by atoms with Crippen molar-refractivity contribution in [2.45, 2.75) is 26.0 Å². The fourth-order valence-corrected chi connectivity index (χ4v) is 3.04. The van der Waals surface area contributed by atoms with Gasteiger partial charge in [-0.05, 0) is 25.5 Å². The second-order valence-corrected chi connectivity index (χ2v) is 6.70. The summed E-state index contributed by atoms with van der Waals surface area (Å²) in [5, 5.41) is 16.6. The lowest BCUT2D eigenvalue weighted by Crippen LogP contribution is -2.38. The van der Waals surface area contributed by atoms with Gasteiger partial charge >= 0.3 is 0 Å². The van der Waals surface area contributed by atoms with E-state index in [1.807, 2.05) is 30.1 Å². The van der Waals surface area contributed by atoms with E-state index in [0.29, 0.717) is 16.8 Å². The van der Waals surface area contributed by atoms with Gasteiger partial charge in [0.05, 0.1) is 17.2 Å². The first-order chi connectivity index (χ1) is 11.2. The molecule has 0 fully saturated rings. The van der Waals surface area contributed by atoms with Gasteiger partial charge in [-0.3, -0.25) is 4.99 Å². The van der Waals surface area contributed by atoms with Gasteiger partial charge in [0.1, 0.15) is 6.10 Å². The Bertz CT molecular complexity index is 599. The van der Waals surface area contributed by atoms with Crippen molar-refractivity contribution < 1.29 is 5.11 Å². The van der Waals surface area contributed by atoms with Gasteiger partial charge < -0.3 is 20.3 Å². The number of hydrogen-bond acceptors (Lipinski definition) is 4. The molecule has 6 nitrogen and oxygen atoms in total. The number of rotatable bonds is 8. The first kappa shape index (κ1) is 17.8. The third-order valence-electron chi connectivity index (χ3n) is 3.13. The minimum atomic E-state index is -0.631. The Morgan fingerprint density at radius 3 is 3.00 bits per heavy atom. The van der Waals surface area contributed by atoms with Crippen molar-refractivity contribution in [3.63, 3.8) is 0 Å². The Hall–Kier alpha value is -1.57. The van der Waals surface area contributed by atoms with Gasteiger partial charge in [0.25, 0.3) is 0 Å². The number of nitrogens with zero attached hydrogens (tertiary/aromatic N) is 3. The quantitative estimate of drug-likeness (QED) is 0.386. The Labute approximate surface area is 145 Å². The highest BCUT2D eigenvalue weighted by Crippen LogP contribution is 2.26. The summed E-state index contributed by atoms with van der Waals surface area (Å²) in [5.74, 6) is 0.708. The summed E-state index contributed by atoms with van der Waals surface area (Å²) in [7, 11) is 0. The van der Waals surface area contributed by atoms with Crippen molar-refractivity contribution in [2.24, 2.45) is 4.99 Å². The van der Waals surface area contributed by atoms with Crippen LogP contribution in [0.5, 0.6) is 0 Å². The van der Waals surface area contributed by atoms with Crippen LogP contribution in [0.15, 0.2) is 35.8 Å². The Morgan fingerprint density at radius 1 is 1.48 bits per heavy atom. The average molecular weight is 356 g/mol. The molecule has 0 saturated carbocycles. The molecule has 0 radical (unpaired) electrons. The minimum absolute atomic E-state index is 0.299. The molecule has 0 aliphatic rings. The van der Waals surface area contributed by atoms with Crippen LogP contribution in [0.1, 0.15) is 24.3 Å². The zero-order chi connectivity index (χ0) is 16.5. The highest BCUT2D eigenvalue weighted by atomic mass is 35.5.